The molecule has 3 aromatic rings. The van der Waals surface area contributed by atoms with Crippen molar-refractivity contribution in [1.29, 1.82) is 0 Å². The second kappa shape index (κ2) is 7.23. The Morgan fingerprint density at radius 1 is 1.04 bits per heavy atom. The number of aromatic nitrogens is 2. The van der Waals surface area contributed by atoms with Crippen LogP contribution in [0.25, 0.3) is 10.8 Å². The van der Waals surface area contributed by atoms with Crippen molar-refractivity contribution in [2.24, 2.45) is 0 Å². The van der Waals surface area contributed by atoms with E-state index < -0.39 is 0 Å². The number of amides is 1. The molecule has 6 heteroatoms. The number of hydrogen-bond acceptors (Lipinski definition) is 4. The lowest BCUT2D eigenvalue weighted by Crippen LogP contribution is -2.32. The Hall–Kier alpha value is -3.15. The lowest BCUT2D eigenvalue weighted by molar-refractivity contribution is -0.117. The van der Waals surface area contributed by atoms with Gasteiger partial charge in [0.1, 0.15) is 6.54 Å². The topological polar surface area (TPSA) is 67.2 Å². The number of anilines is 2. The van der Waals surface area contributed by atoms with Gasteiger partial charge in [-0.1, -0.05) is 35.9 Å². The van der Waals surface area contributed by atoms with Gasteiger partial charge in [0.15, 0.2) is 5.82 Å². The van der Waals surface area contributed by atoms with E-state index in [9.17, 15) is 9.59 Å². The van der Waals surface area contributed by atoms with Crippen LogP contribution in [0.2, 0.25) is 0 Å². The number of rotatable bonds is 4. The molecule has 0 saturated carbocycles. The third kappa shape index (κ3) is 3.56. The molecule has 2 heterocycles. The predicted octanol–water partition coefficient (Wildman–Crippen LogP) is 2.94. The molecule has 1 fully saturated rings. The fourth-order valence-corrected chi connectivity index (χ4v) is 3.46. The number of carbonyl (C=O) groups excluding carboxylic acids is 1. The van der Waals surface area contributed by atoms with Crippen LogP contribution in [0.15, 0.2) is 53.3 Å². The van der Waals surface area contributed by atoms with Crippen molar-refractivity contribution in [3.8, 4) is 0 Å². The smallest absolute Gasteiger partial charge is 0.275 e. The maximum absolute atomic E-state index is 12.8. The molecule has 1 saturated heterocycles. The Balaban J connectivity index is 1.66. The van der Waals surface area contributed by atoms with E-state index in [2.05, 4.69) is 15.3 Å². The van der Waals surface area contributed by atoms with Crippen molar-refractivity contribution in [3.05, 3.63) is 64.4 Å². The normalized spacial score (nSPS) is 13.9. The van der Waals surface area contributed by atoms with Crippen molar-refractivity contribution in [2.45, 2.75) is 26.3 Å². The highest BCUT2D eigenvalue weighted by Crippen LogP contribution is 2.25. The Labute approximate surface area is 157 Å². The third-order valence-electron chi connectivity index (χ3n) is 4.88. The van der Waals surface area contributed by atoms with Crippen LogP contribution in [0.3, 0.4) is 0 Å². The van der Waals surface area contributed by atoms with Crippen LogP contribution in [0.5, 0.6) is 0 Å². The SMILES string of the molecule is Cc1ccc(NC(=O)Cn2nc(N3CCCC3)c3ccccc3c2=O)cc1. The van der Waals surface area contributed by atoms with E-state index in [1.165, 1.54) is 4.68 Å². The maximum Gasteiger partial charge on any atom is 0.275 e. The number of benzene rings is 2. The van der Waals surface area contributed by atoms with E-state index in [-0.39, 0.29) is 18.0 Å². The third-order valence-corrected chi connectivity index (χ3v) is 4.88. The van der Waals surface area contributed by atoms with Crippen LogP contribution in [-0.4, -0.2) is 28.8 Å². The first kappa shape index (κ1) is 17.3. The maximum atomic E-state index is 12.8. The summed E-state index contributed by atoms with van der Waals surface area (Å²) in [7, 11) is 0. The Bertz CT molecular complexity index is 1030. The highest BCUT2D eigenvalue weighted by Gasteiger charge is 2.20. The zero-order chi connectivity index (χ0) is 18.8. The molecule has 138 valence electrons. The lowest BCUT2D eigenvalue weighted by Gasteiger charge is -2.19. The summed E-state index contributed by atoms with van der Waals surface area (Å²) in [6.45, 7) is 3.72. The second-order valence-corrected chi connectivity index (χ2v) is 6.94. The Morgan fingerprint density at radius 2 is 1.70 bits per heavy atom. The van der Waals surface area contributed by atoms with Gasteiger partial charge in [0, 0.05) is 24.2 Å². The Kier molecular flexibility index (Phi) is 4.62. The molecule has 1 aliphatic rings. The number of fused-ring (bicyclic) bond motifs is 1. The van der Waals surface area contributed by atoms with E-state index in [0.29, 0.717) is 11.1 Å². The van der Waals surface area contributed by atoms with Gasteiger partial charge in [-0.15, -0.1) is 0 Å². The minimum atomic E-state index is -0.267. The first-order valence-electron chi connectivity index (χ1n) is 9.23. The minimum absolute atomic E-state index is 0.113. The summed E-state index contributed by atoms with van der Waals surface area (Å²) in [6, 6.07) is 15.0. The second-order valence-electron chi connectivity index (χ2n) is 6.94. The van der Waals surface area contributed by atoms with Gasteiger partial charge in [-0.05, 0) is 38.0 Å². The molecule has 0 bridgehead atoms. The van der Waals surface area contributed by atoms with Crippen LogP contribution < -0.4 is 15.8 Å². The monoisotopic (exact) mass is 362 g/mol. The van der Waals surface area contributed by atoms with Crippen LogP contribution >= 0.6 is 0 Å². The van der Waals surface area contributed by atoms with E-state index in [1.807, 2.05) is 49.4 Å². The summed E-state index contributed by atoms with van der Waals surface area (Å²) in [5.41, 5.74) is 1.59. The molecule has 1 N–H and O–H groups in total. The van der Waals surface area contributed by atoms with E-state index in [0.717, 1.165) is 42.7 Å². The standard InChI is InChI=1S/C21H22N4O2/c1-15-8-10-16(11-9-15)22-19(26)14-25-21(27)18-7-3-2-6-17(18)20(23-25)24-12-4-5-13-24/h2-3,6-11H,4-5,12-14H2,1H3,(H,22,26). The van der Waals surface area contributed by atoms with Crippen LogP contribution in [0.4, 0.5) is 11.5 Å². The molecule has 1 aliphatic heterocycles. The van der Waals surface area contributed by atoms with Crippen molar-refractivity contribution in [3.63, 3.8) is 0 Å². The van der Waals surface area contributed by atoms with Crippen molar-refractivity contribution in [1.82, 2.24) is 9.78 Å². The van der Waals surface area contributed by atoms with Gasteiger partial charge in [-0.3, -0.25) is 9.59 Å². The van der Waals surface area contributed by atoms with Crippen LogP contribution in [-0.2, 0) is 11.3 Å². The molecular formula is C21H22N4O2. The average molecular weight is 362 g/mol. The Morgan fingerprint density at radius 3 is 2.41 bits per heavy atom. The van der Waals surface area contributed by atoms with Crippen molar-refractivity contribution >= 4 is 28.2 Å². The van der Waals surface area contributed by atoms with Gasteiger partial charge in [0.2, 0.25) is 5.91 Å². The van der Waals surface area contributed by atoms with E-state index in [1.54, 1.807) is 6.07 Å². The summed E-state index contributed by atoms with van der Waals surface area (Å²) < 4.78 is 1.28. The zero-order valence-electron chi connectivity index (χ0n) is 15.3. The van der Waals surface area contributed by atoms with Gasteiger partial charge in [-0.2, -0.15) is 5.10 Å². The fourth-order valence-electron chi connectivity index (χ4n) is 3.46. The molecule has 0 aliphatic carbocycles. The summed E-state index contributed by atoms with van der Waals surface area (Å²) in [6.07, 6.45) is 2.23. The number of nitrogens with zero attached hydrogens (tertiary/aromatic N) is 3. The van der Waals surface area contributed by atoms with Gasteiger partial charge in [0.05, 0.1) is 5.39 Å². The first-order chi connectivity index (χ1) is 13.1. The minimum Gasteiger partial charge on any atom is -0.355 e. The van der Waals surface area contributed by atoms with Gasteiger partial charge >= 0.3 is 0 Å². The number of nitrogens with one attached hydrogen (secondary N) is 1. The quantitative estimate of drug-likeness (QED) is 0.775. The molecular weight excluding hydrogens is 340 g/mol. The molecule has 0 spiro atoms. The summed E-state index contributed by atoms with van der Waals surface area (Å²) in [4.78, 5) is 27.5. The fraction of sp³-hybridized carbons (Fsp3) is 0.286. The number of carbonyl (C=O) groups is 1. The van der Waals surface area contributed by atoms with Crippen LogP contribution in [0, 0.1) is 6.92 Å². The summed E-state index contributed by atoms with van der Waals surface area (Å²) in [5, 5.41) is 8.82. The molecule has 0 unspecified atom stereocenters. The number of aryl methyl sites for hydroxylation is 1. The van der Waals surface area contributed by atoms with Gasteiger partial charge in [-0.25, -0.2) is 4.68 Å². The summed E-state index contributed by atoms with van der Waals surface area (Å²) in [5.74, 6) is 0.516. The summed E-state index contributed by atoms with van der Waals surface area (Å²) >= 11 is 0. The number of hydrogen-bond donors (Lipinski definition) is 1. The molecule has 0 radical (unpaired) electrons. The largest absolute Gasteiger partial charge is 0.355 e. The molecule has 4 rings (SSSR count). The lowest BCUT2D eigenvalue weighted by atomic mass is 10.2. The highest BCUT2D eigenvalue weighted by atomic mass is 16.2. The highest BCUT2D eigenvalue weighted by molar-refractivity contribution is 5.93. The van der Waals surface area contributed by atoms with E-state index >= 15 is 0 Å². The molecule has 0 atom stereocenters. The first-order valence-corrected chi connectivity index (χ1v) is 9.23. The van der Waals surface area contributed by atoms with Gasteiger partial charge in [0.25, 0.3) is 5.56 Å². The average Bonchev–Trinajstić information content (AvgIpc) is 3.20. The van der Waals surface area contributed by atoms with Gasteiger partial charge < -0.3 is 10.2 Å². The molecule has 1 amide bonds. The van der Waals surface area contributed by atoms with Crippen molar-refractivity contribution < 1.29 is 4.79 Å². The molecule has 6 nitrogen and oxygen atoms in total. The van der Waals surface area contributed by atoms with Crippen molar-refractivity contribution in [2.75, 3.05) is 23.3 Å². The molecule has 27 heavy (non-hydrogen) atoms. The van der Waals surface area contributed by atoms with E-state index in [4.69, 9.17) is 0 Å². The predicted molar refractivity (Wildman–Crippen MR) is 107 cm³/mol. The van der Waals surface area contributed by atoms with Crippen LogP contribution in [0.1, 0.15) is 18.4 Å². The molecule has 1 aromatic heterocycles. The zero-order valence-corrected chi connectivity index (χ0v) is 15.3. The molecule has 2 aromatic carbocycles.